The average Bonchev–Trinajstić information content (AvgIpc) is 1.53. The molecule has 24 aromatic rings. The van der Waals surface area contributed by atoms with E-state index in [9.17, 15) is 0 Å². The highest BCUT2D eigenvalue weighted by Gasteiger charge is 2.20. The maximum absolute atomic E-state index is 6.12. The number of aryl methyl sites for hydroxylation is 6. The maximum atomic E-state index is 6.12. The van der Waals surface area contributed by atoms with E-state index in [1.165, 1.54) is 154 Å². The van der Waals surface area contributed by atoms with Crippen molar-refractivity contribution in [1.29, 1.82) is 0 Å². The van der Waals surface area contributed by atoms with Crippen molar-refractivity contribution in [3.05, 3.63) is 434 Å². The molecule has 18 aromatic carbocycles. The molecule has 6 nitrogen and oxygen atoms in total. The fourth-order valence-corrected chi connectivity index (χ4v) is 17.1. The minimum absolute atomic E-state index is 0.948. The van der Waals surface area contributed by atoms with E-state index in [4.69, 9.17) is 26.5 Å². The van der Waals surface area contributed by atoms with Gasteiger partial charge in [-0.3, -0.25) is 0 Å². The molecule has 0 saturated carbocycles. The van der Waals surface area contributed by atoms with E-state index in [1.807, 2.05) is 115 Å². The van der Waals surface area contributed by atoms with Crippen LogP contribution in [0.1, 0.15) is 33.4 Å². The van der Waals surface area contributed by atoms with Crippen molar-refractivity contribution in [2.24, 2.45) is 0 Å². The lowest BCUT2D eigenvalue weighted by molar-refractivity contribution is 0.668. The summed E-state index contributed by atoms with van der Waals surface area (Å²) in [5.74, 6) is 0. The summed E-state index contributed by atoms with van der Waals surface area (Å²) in [7, 11) is 0. The molecule has 0 radical (unpaired) electrons. The molecular formula is C114H84O6. The molecular weight excluding hydrogens is 1470 g/mol. The van der Waals surface area contributed by atoms with Gasteiger partial charge in [0.15, 0.2) is 0 Å². The van der Waals surface area contributed by atoms with E-state index < -0.39 is 0 Å². The topological polar surface area (TPSA) is 78.8 Å². The first-order chi connectivity index (χ1) is 59.0. The van der Waals surface area contributed by atoms with Crippen LogP contribution in [0.5, 0.6) is 0 Å². The van der Waals surface area contributed by atoms with Gasteiger partial charge < -0.3 is 26.5 Å². The third-order valence-electron chi connectivity index (χ3n) is 22.9. The van der Waals surface area contributed by atoms with Crippen LogP contribution >= 0.6 is 0 Å². The van der Waals surface area contributed by atoms with Gasteiger partial charge in [-0.25, -0.2) is 0 Å². The number of rotatable bonds is 6. The van der Waals surface area contributed by atoms with E-state index in [0.29, 0.717) is 0 Å². The number of fused-ring (bicyclic) bond motifs is 18. The van der Waals surface area contributed by atoms with Crippen molar-refractivity contribution in [2.75, 3.05) is 0 Å². The molecule has 0 aliphatic rings. The zero-order chi connectivity index (χ0) is 81.2. The second-order valence-corrected chi connectivity index (χ2v) is 30.6. The molecule has 0 bridgehead atoms. The van der Waals surface area contributed by atoms with Crippen LogP contribution in [-0.2, 0) is 0 Å². The van der Waals surface area contributed by atoms with Gasteiger partial charge in [0.1, 0.15) is 67.0 Å². The summed E-state index contributed by atoms with van der Waals surface area (Å²) in [6.07, 6.45) is 0. The summed E-state index contributed by atoms with van der Waals surface area (Å²) in [5.41, 5.74) is 33.6. The van der Waals surface area contributed by atoms with Crippen molar-refractivity contribution in [1.82, 2.24) is 0 Å². The summed E-state index contributed by atoms with van der Waals surface area (Å²) in [6.45, 7) is 12.8. The Morgan fingerprint density at radius 1 is 0.133 bits per heavy atom. The molecule has 0 aliphatic carbocycles. The molecule has 0 unspecified atom stereocenters. The third-order valence-corrected chi connectivity index (χ3v) is 22.9. The number of para-hydroxylation sites is 3. The van der Waals surface area contributed by atoms with Crippen LogP contribution in [0.25, 0.3) is 198 Å². The van der Waals surface area contributed by atoms with Crippen LogP contribution in [0.15, 0.2) is 427 Å². The zero-order valence-corrected chi connectivity index (χ0v) is 67.6. The molecule has 0 spiro atoms. The van der Waals surface area contributed by atoms with Crippen LogP contribution in [0.3, 0.4) is 0 Å². The van der Waals surface area contributed by atoms with Gasteiger partial charge >= 0.3 is 0 Å². The normalized spacial score (nSPS) is 11.2. The number of hydrogen-bond donors (Lipinski definition) is 0. The molecule has 6 heteroatoms. The lowest BCUT2D eigenvalue weighted by Crippen LogP contribution is -1.83. The predicted octanol–water partition coefficient (Wildman–Crippen LogP) is 33.4. The van der Waals surface area contributed by atoms with Gasteiger partial charge in [0.05, 0.1) is 0 Å². The Balaban J connectivity index is 0.0000000952. The smallest absolute Gasteiger partial charge is 0.143 e. The molecule has 0 atom stereocenters. The van der Waals surface area contributed by atoms with Gasteiger partial charge in [0, 0.05) is 75.8 Å². The Hall–Kier alpha value is -15.2. The minimum atomic E-state index is 0.948. The van der Waals surface area contributed by atoms with Gasteiger partial charge in [0.25, 0.3) is 0 Å². The van der Waals surface area contributed by atoms with Gasteiger partial charge in [-0.1, -0.05) is 328 Å². The summed E-state index contributed by atoms with van der Waals surface area (Å²) in [6, 6.07) is 138. The van der Waals surface area contributed by atoms with Gasteiger partial charge in [-0.05, 0) is 203 Å². The molecule has 0 aliphatic heterocycles. The molecule has 576 valence electrons. The second kappa shape index (κ2) is 32.8. The first kappa shape index (κ1) is 74.8. The van der Waals surface area contributed by atoms with Crippen LogP contribution in [0.2, 0.25) is 0 Å². The molecule has 120 heavy (non-hydrogen) atoms. The van der Waals surface area contributed by atoms with E-state index in [0.717, 1.165) is 78.1 Å². The Labute approximate surface area is 695 Å². The lowest BCUT2D eigenvalue weighted by atomic mass is 9.96. The largest absolute Gasteiger partial charge is 0.456 e. The Kier molecular flexibility index (Phi) is 20.5. The summed E-state index contributed by atoms with van der Waals surface area (Å²) < 4.78 is 36.1. The Morgan fingerprint density at radius 3 is 1.04 bits per heavy atom. The summed E-state index contributed by atoms with van der Waals surface area (Å²) in [4.78, 5) is 0. The van der Waals surface area contributed by atoms with Gasteiger partial charge in [-0.15, -0.1) is 0 Å². The number of furan rings is 6. The van der Waals surface area contributed by atoms with Crippen LogP contribution in [0.4, 0.5) is 0 Å². The standard InChI is InChI=1S/6C19H14O/c1-13-7-2-3-8-14(13)15-10-6-12-18-19(15)16-9-4-5-11-17(16)20-18;1-13-7-5-12-17-18(13)16-11-6-10-15(19(16)20-17)14-8-3-2-4-9-14;1-13-7-5-11-16-18(13)19-15(10-6-12-17(19)20-16)14-8-3-2-4-9-14;1-13-6-5-9-18-19(13)16-12-15(10-11-17(16)20-18)14-7-3-2-4-8-14;1-13-6-5-9-17-19(13)16-11-10-15(12-18(16)20-17)14-7-3-2-4-8-14;1-13-11-12-15(14-7-3-2-4-8-14)19-18(13)16-9-5-6-10-17(16)20-19/h6*2-12H,1H3. The van der Waals surface area contributed by atoms with Crippen molar-refractivity contribution >= 4 is 132 Å². The Morgan fingerprint density at radius 2 is 0.458 bits per heavy atom. The second-order valence-electron chi connectivity index (χ2n) is 30.6. The van der Waals surface area contributed by atoms with Crippen LogP contribution in [-0.4, -0.2) is 0 Å². The highest BCUT2D eigenvalue weighted by molar-refractivity contribution is 6.16. The quantitative estimate of drug-likeness (QED) is 0.165. The molecule has 0 fully saturated rings. The van der Waals surface area contributed by atoms with Crippen molar-refractivity contribution in [3.8, 4) is 66.8 Å². The zero-order valence-electron chi connectivity index (χ0n) is 67.6. The van der Waals surface area contributed by atoms with Crippen LogP contribution in [0, 0.1) is 41.5 Å². The minimum Gasteiger partial charge on any atom is -0.456 e. The predicted molar refractivity (Wildman–Crippen MR) is 503 cm³/mol. The Bertz CT molecular complexity index is 7790. The summed E-state index contributed by atoms with van der Waals surface area (Å²) >= 11 is 0. The SMILES string of the molecule is Cc1ccc(-c2ccccc2)c2oc3ccccc3c12.Cc1cccc2oc3c(-c4ccccc4)cccc3c12.Cc1cccc2oc3cc(-c4ccccc4)ccc3c12.Cc1cccc2oc3ccc(-c4ccccc4)cc3c12.Cc1cccc2oc3cccc(-c4ccccc4)c3c12.Cc1ccccc1-c1cccc2oc3ccccc3c12. The van der Waals surface area contributed by atoms with E-state index in [-0.39, 0.29) is 0 Å². The molecule has 0 amide bonds. The monoisotopic (exact) mass is 1550 g/mol. The fraction of sp³-hybridized carbons (Fsp3) is 0.0526. The molecule has 6 aromatic heterocycles. The molecule has 0 N–H and O–H groups in total. The fourth-order valence-electron chi connectivity index (χ4n) is 17.1. The molecule has 0 saturated heterocycles. The van der Waals surface area contributed by atoms with E-state index in [1.54, 1.807) is 0 Å². The van der Waals surface area contributed by atoms with Crippen LogP contribution < -0.4 is 0 Å². The van der Waals surface area contributed by atoms with Gasteiger partial charge in [0.2, 0.25) is 0 Å². The van der Waals surface area contributed by atoms with Crippen molar-refractivity contribution < 1.29 is 26.5 Å². The number of benzene rings is 18. The maximum Gasteiger partial charge on any atom is 0.143 e. The van der Waals surface area contributed by atoms with E-state index in [2.05, 4.69) is 327 Å². The van der Waals surface area contributed by atoms with E-state index >= 15 is 0 Å². The van der Waals surface area contributed by atoms with Crippen molar-refractivity contribution in [3.63, 3.8) is 0 Å². The molecule has 6 heterocycles. The summed E-state index contributed by atoms with van der Waals surface area (Å²) in [5, 5.41) is 14.5. The van der Waals surface area contributed by atoms with Crippen molar-refractivity contribution in [2.45, 2.75) is 41.5 Å². The average molecular weight is 1550 g/mol. The third kappa shape index (κ3) is 14.5. The first-order valence-corrected chi connectivity index (χ1v) is 40.8. The molecule has 24 rings (SSSR count). The first-order valence-electron chi connectivity index (χ1n) is 40.8. The highest BCUT2D eigenvalue weighted by atomic mass is 16.3. The van der Waals surface area contributed by atoms with Gasteiger partial charge in [-0.2, -0.15) is 0 Å². The lowest BCUT2D eigenvalue weighted by Gasteiger charge is -2.07. The number of hydrogen-bond acceptors (Lipinski definition) is 6. The highest BCUT2D eigenvalue weighted by Crippen LogP contribution is 2.44.